The summed E-state index contributed by atoms with van der Waals surface area (Å²) < 4.78 is 5.59. The summed E-state index contributed by atoms with van der Waals surface area (Å²) in [5.41, 5.74) is 4.86. The zero-order chi connectivity index (χ0) is 26.0. The number of benzene rings is 2. The summed E-state index contributed by atoms with van der Waals surface area (Å²) in [6.45, 7) is 8.89. The Morgan fingerprint density at radius 1 is 1.03 bits per heavy atom. The predicted molar refractivity (Wildman–Crippen MR) is 140 cm³/mol. The van der Waals surface area contributed by atoms with E-state index in [1.165, 1.54) is 0 Å². The van der Waals surface area contributed by atoms with E-state index >= 15 is 0 Å². The lowest BCUT2D eigenvalue weighted by Gasteiger charge is -2.25. The molecule has 3 aromatic rings. The van der Waals surface area contributed by atoms with Crippen LogP contribution in [0, 0.1) is 0 Å². The molecule has 0 saturated heterocycles. The number of esters is 1. The number of nitrogens with one attached hydrogen (secondary N) is 3. The molecule has 0 aliphatic heterocycles. The summed E-state index contributed by atoms with van der Waals surface area (Å²) >= 11 is 0. The van der Waals surface area contributed by atoms with Gasteiger partial charge in [-0.15, -0.1) is 0 Å². The van der Waals surface area contributed by atoms with Crippen molar-refractivity contribution in [1.82, 2.24) is 15.6 Å². The molecule has 0 spiro atoms. The molecule has 2 atom stereocenters. The second-order valence-corrected chi connectivity index (χ2v) is 10.3. The molecule has 7 heteroatoms. The van der Waals surface area contributed by atoms with Gasteiger partial charge in [-0.25, -0.2) is 4.79 Å². The second-order valence-electron chi connectivity index (χ2n) is 10.3. The number of H-pyrrole nitrogens is 1. The SMILES string of the molecule is CC1=C(C(=O)N[C@@H](C)C(=O)N[C@@H](Cc2c[nH]c3ccccc23)C(=O)OC(C)(C)C)Cc2ccccc21. The van der Waals surface area contributed by atoms with Crippen LogP contribution < -0.4 is 10.6 Å². The Hall–Kier alpha value is -3.87. The van der Waals surface area contributed by atoms with E-state index in [0.29, 0.717) is 12.0 Å². The van der Waals surface area contributed by atoms with Crippen LogP contribution in [0.5, 0.6) is 0 Å². The Bertz CT molecular complexity index is 1350. The van der Waals surface area contributed by atoms with Crippen LogP contribution in [0.1, 0.15) is 51.3 Å². The zero-order valence-electron chi connectivity index (χ0n) is 21.4. The van der Waals surface area contributed by atoms with Crippen LogP contribution in [0.3, 0.4) is 0 Å². The van der Waals surface area contributed by atoms with Crippen LogP contribution in [0.4, 0.5) is 0 Å². The number of ether oxygens (including phenoxy) is 1. The maximum absolute atomic E-state index is 13.1. The number of para-hydroxylation sites is 1. The molecule has 2 amide bonds. The molecular weight excluding hydrogens is 454 g/mol. The van der Waals surface area contributed by atoms with Crippen LogP contribution in [-0.4, -0.2) is 40.5 Å². The van der Waals surface area contributed by atoms with Crippen molar-refractivity contribution in [2.75, 3.05) is 0 Å². The number of carbonyl (C=O) groups excluding carboxylic acids is 3. The number of allylic oxidation sites excluding steroid dienone is 1. The van der Waals surface area contributed by atoms with Gasteiger partial charge in [-0.1, -0.05) is 42.5 Å². The van der Waals surface area contributed by atoms with Crippen molar-refractivity contribution in [3.8, 4) is 0 Å². The molecule has 1 heterocycles. The highest BCUT2D eigenvalue weighted by molar-refractivity contribution is 6.05. The molecule has 1 aromatic heterocycles. The van der Waals surface area contributed by atoms with E-state index < -0.39 is 29.6 Å². The van der Waals surface area contributed by atoms with Gasteiger partial charge in [-0.3, -0.25) is 9.59 Å². The fourth-order valence-corrected chi connectivity index (χ4v) is 4.51. The first-order valence-corrected chi connectivity index (χ1v) is 12.2. The van der Waals surface area contributed by atoms with E-state index in [2.05, 4.69) is 15.6 Å². The quantitative estimate of drug-likeness (QED) is 0.438. The molecule has 0 saturated carbocycles. The maximum atomic E-state index is 13.1. The molecule has 1 aliphatic rings. The van der Waals surface area contributed by atoms with Gasteiger partial charge in [0.1, 0.15) is 17.7 Å². The molecular formula is C29H33N3O4. The first-order valence-electron chi connectivity index (χ1n) is 12.2. The van der Waals surface area contributed by atoms with Gasteiger partial charge < -0.3 is 20.4 Å². The predicted octanol–water partition coefficient (Wildman–Crippen LogP) is 4.07. The Morgan fingerprint density at radius 2 is 1.72 bits per heavy atom. The van der Waals surface area contributed by atoms with Crippen molar-refractivity contribution in [2.45, 2.75) is 65.1 Å². The summed E-state index contributed by atoms with van der Waals surface area (Å²) in [5.74, 6) is -1.26. The molecule has 3 N–H and O–H groups in total. The molecule has 0 radical (unpaired) electrons. The standard InChI is InChI=1S/C29H33N3O4/c1-17-21-11-7-6-10-19(21)14-23(17)27(34)31-18(2)26(33)32-25(28(35)36-29(3,4)5)15-20-16-30-24-13-9-8-12-22(20)24/h6-13,16,18,25,30H,14-15H2,1-5H3,(H,31,34)(H,32,33)/t18-,25-/m0/s1. The van der Waals surface area contributed by atoms with E-state index in [1.807, 2.05) is 61.7 Å². The zero-order valence-corrected chi connectivity index (χ0v) is 21.4. The second kappa shape index (κ2) is 10.0. The van der Waals surface area contributed by atoms with Crippen molar-refractivity contribution in [2.24, 2.45) is 0 Å². The smallest absolute Gasteiger partial charge is 0.329 e. The summed E-state index contributed by atoms with van der Waals surface area (Å²) in [6.07, 6.45) is 2.63. The van der Waals surface area contributed by atoms with Crippen molar-refractivity contribution < 1.29 is 19.1 Å². The Kier molecular flexibility index (Phi) is 7.02. The average Bonchev–Trinajstić information content (AvgIpc) is 3.38. The lowest BCUT2D eigenvalue weighted by molar-refractivity contribution is -0.158. The average molecular weight is 488 g/mol. The number of carbonyl (C=O) groups is 3. The largest absolute Gasteiger partial charge is 0.458 e. The van der Waals surface area contributed by atoms with Gasteiger partial charge in [0.05, 0.1) is 0 Å². The number of amides is 2. The van der Waals surface area contributed by atoms with Crippen molar-refractivity contribution >= 4 is 34.3 Å². The third-order valence-electron chi connectivity index (χ3n) is 6.36. The molecule has 4 rings (SSSR count). The van der Waals surface area contributed by atoms with Gasteiger partial charge >= 0.3 is 5.97 Å². The molecule has 2 aromatic carbocycles. The minimum atomic E-state index is -0.910. The maximum Gasteiger partial charge on any atom is 0.329 e. The van der Waals surface area contributed by atoms with Crippen molar-refractivity contribution in [3.63, 3.8) is 0 Å². The van der Waals surface area contributed by atoms with E-state index in [9.17, 15) is 14.4 Å². The number of hydrogen-bond donors (Lipinski definition) is 3. The van der Waals surface area contributed by atoms with Crippen molar-refractivity contribution in [3.05, 3.63) is 77.0 Å². The van der Waals surface area contributed by atoms with Gasteiger partial charge in [-0.05, 0) is 62.9 Å². The summed E-state index contributed by atoms with van der Waals surface area (Å²) in [7, 11) is 0. The van der Waals surface area contributed by atoms with Gasteiger partial charge in [0.15, 0.2) is 0 Å². The lowest BCUT2D eigenvalue weighted by atomic mass is 10.0. The van der Waals surface area contributed by atoms with Gasteiger partial charge in [-0.2, -0.15) is 0 Å². The Morgan fingerprint density at radius 3 is 2.44 bits per heavy atom. The highest BCUT2D eigenvalue weighted by atomic mass is 16.6. The summed E-state index contributed by atoms with van der Waals surface area (Å²) in [6, 6.07) is 13.9. The van der Waals surface area contributed by atoms with E-state index in [1.54, 1.807) is 27.7 Å². The van der Waals surface area contributed by atoms with Crippen LogP contribution in [-0.2, 0) is 32.0 Å². The number of rotatable bonds is 7. The van der Waals surface area contributed by atoms with Crippen LogP contribution >= 0.6 is 0 Å². The van der Waals surface area contributed by atoms with E-state index in [0.717, 1.165) is 33.2 Å². The Balaban J connectivity index is 1.47. The fraction of sp³-hybridized carbons (Fsp3) is 0.345. The topological polar surface area (TPSA) is 100 Å². The summed E-state index contributed by atoms with van der Waals surface area (Å²) in [4.78, 5) is 42.3. The molecule has 0 bridgehead atoms. The third-order valence-corrected chi connectivity index (χ3v) is 6.36. The highest BCUT2D eigenvalue weighted by Gasteiger charge is 2.31. The fourth-order valence-electron chi connectivity index (χ4n) is 4.51. The molecule has 0 fully saturated rings. The number of fused-ring (bicyclic) bond motifs is 2. The van der Waals surface area contributed by atoms with Crippen LogP contribution in [0.15, 0.2) is 60.3 Å². The first-order chi connectivity index (χ1) is 17.0. The first kappa shape index (κ1) is 25.2. The van der Waals surface area contributed by atoms with E-state index in [4.69, 9.17) is 4.74 Å². The lowest BCUT2D eigenvalue weighted by Crippen LogP contribution is -2.52. The van der Waals surface area contributed by atoms with Crippen LogP contribution in [0.2, 0.25) is 0 Å². The molecule has 7 nitrogen and oxygen atoms in total. The third kappa shape index (κ3) is 5.51. The Labute approximate surface area is 211 Å². The number of hydrogen-bond acceptors (Lipinski definition) is 4. The molecule has 1 aliphatic carbocycles. The highest BCUT2D eigenvalue weighted by Crippen LogP contribution is 2.32. The number of aromatic amines is 1. The normalized spacial score (nSPS) is 14.8. The monoisotopic (exact) mass is 487 g/mol. The summed E-state index contributed by atoms with van der Waals surface area (Å²) in [5, 5.41) is 6.59. The van der Waals surface area contributed by atoms with Gasteiger partial charge in [0, 0.05) is 35.5 Å². The van der Waals surface area contributed by atoms with Crippen LogP contribution in [0.25, 0.3) is 16.5 Å². The number of aromatic nitrogens is 1. The van der Waals surface area contributed by atoms with Crippen molar-refractivity contribution in [1.29, 1.82) is 0 Å². The van der Waals surface area contributed by atoms with Gasteiger partial charge in [0.2, 0.25) is 11.8 Å². The minimum absolute atomic E-state index is 0.255. The minimum Gasteiger partial charge on any atom is -0.458 e. The molecule has 188 valence electrons. The molecule has 36 heavy (non-hydrogen) atoms. The molecule has 0 unspecified atom stereocenters. The van der Waals surface area contributed by atoms with E-state index in [-0.39, 0.29) is 12.3 Å². The van der Waals surface area contributed by atoms with Gasteiger partial charge in [0.25, 0.3) is 0 Å².